The third-order valence-electron chi connectivity index (χ3n) is 8.06. The zero-order valence-electron chi connectivity index (χ0n) is 24.0. The van der Waals surface area contributed by atoms with Crippen molar-refractivity contribution >= 4 is 34.0 Å². The molecule has 2 amide bonds. The summed E-state index contributed by atoms with van der Waals surface area (Å²) in [5.74, 6) is -1.40. The van der Waals surface area contributed by atoms with Gasteiger partial charge in [0.1, 0.15) is 11.6 Å². The fourth-order valence-electron chi connectivity index (χ4n) is 5.69. The summed E-state index contributed by atoms with van der Waals surface area (Å²) < 4.78 is 42.4. The van der Waals surface area contributed by atoms with E-state index in [0.717, 1.165) is 39.1 Å². The molecule has 44 heavy (non-hydrogen) atoms. The number of para-hydroxylation sites is 1. The van der Waals surface area contributed by atoms with Gasteiger partial charge in [0.05, 0.1) is 44.1 Å². The molecule has 1 saturated heterocycles. The lowest BCUT2D eigenvalue weighted by molar-refractivity contribution is 0.0947. The minimum atomic E-state index is -1.68. The summed E-state index contributed by atoms with van der Waals surface area (Å²) >= 11 is 0. The van der Waals surface area contributed by atoms with Gasteiger partial charge in [0.15, 0.2) is 0 Å². The summed E-state index contributed by atoms with van der Waals surface area (Å²) in [6, 6.07) is 24.5. The molecule has 0 aliphatic carbocycles. The Labute approximate surface area is 257 Å². The number of carbonyl (C=O) groups is 2. The minimum absolute atomic E-state index is 0.0840. The lowest BCUT2D eigenvalue weighted by Gasteiger charge is -2.36. The molecule has 4 aromatic rings. The highest BCUT2D eigenvalue weighted by Crippen LogP contribution is 2.36. The number of nitrogens with zero attached hydrogens (tertiary/aromatic N) is 3. The van der Waals surface area contributed by atoms with Crippen LogP contribution in [0.3, 0.4) is 0 Å². The Hall–Kier alpha value is -4.41. The van der Waals surface area contributed by atoms with Crippen molar-refractivity contribution in [3.8, 4) is 0 Å². The second-order valence-electron chi connectivity index (χ2n) is 10.8. The first-order chi connectivity index (χ1) is 21.4. The first-order valence-electron chi connectivity index (χ1n) is 14.6. The zero-order valence-corrected chi connectivity index (χ0v) is 24.9. The molecule has 7 nitrogen and oxygen atoms in total. The maximum atomic E-state index is 14.7. The average molecular weight is 615 g/mol. The normalized spacial score (nSPS) is 16.7. The van der Waals surface area contributed by atoms with Crippen LogP contribution in [0.15, 0.2) is 101 Å². The molecule has 226 valence electrons. The lowest BCUT2D eigenvalue weighted by Crippen LogP contribution is -2.47. The van der Waals surface area contributed by atoms with Crippen LogP contribution in [0, 0.1) is 11.6 Å². The highest BCUT2D eigenvalue weighted by Gasteiger charge is 2.32. The maximum absolute atomic E-state index is 14.7. The minimum Gasteiger partial charge on any atom is -0.367 e. The van der Waals surface area contributed by atoms with Crippen molar-refractivity contribution in [2.45, 2.75) is 22.8 Å². The van der Waals surface area contributed by atoms with E-state index in [1.54, 1.807) is 72.8 Å². The van der Waals surface area contributed by atoms with Crippen molar-refractivity contribution in [1.29, 1.82) is 0 Å². The van der Waals surface area contributed by atoms with Crippen molar-refractivity contribution < 1.29 is 22.6 Å². The van der Waals surface area contributed by atoms with Crippen LogP contribution in [-0.4, -0.2) is 60.2 Å². The first kappa shape index (κ1) is 29.7. The van der Waals surface area contributed by atoms with Crippen molar-refractivity contribution in [2.24, 2.45) is 0 Å². The van der Waals surface area contributed by atoms with Gasteiger partial charge in [0, 0.05) is 43.9 Å². The molecular formula is C34H32F2N4O3S. The molecule has 1 N–H and O–H groups in total. The van der Waals surface area contributed by atoms with Crippen molar-refractivity contribution in [3.63, 3.8) is 0 Å². The molecule has 4 aromatic carbocycles. The van der Waals surface area contributed by atoms with Gasteiger partial charge in [-0.3, -0.25) is 14.5 Å². The van der Waals surface area contributed by atoms with Crippen LogP contribution in [0.1, 0.15) is 32.7 Å². The number of amides is 2. The van der Waals surface area contributed by atoms with E-state index in [0.29, 0.717) is 38.8 Å². The van der Waals surface area contributed by atoms with Gasteiger partial charge in [0.2, 0.25) is 0 Å². The van der Waals surface area contributed by atoms with Crippen LogP contribution in [0.2, 0.25) is 0 Å². The monoisotopic (exact) mass is 614 g/mol. The van der Waals surface area contributed by atoms with E-state index in [1.165, 1.54) is 17.0 Å². The van der Waals surface area contributed by atoms with E-state index in [4.69, 9.17) is 0 Å². The van der Waals surface area contributed by atoms with Crippen LogP contribution in [0.25, 0.3) is 0 Å². The van der Waals surface area contributed by atoms with Crippen molar-refractivity contribution in [2.75, 3.05) is 49.1 Å². The zero-order chi connectivity index (χ0) is 30.6. The van der Waals surface area contributed by atoms with Crippen LogP contribution >= 0.6 is 0 Å². The highest BCUT2D eigenvalue weighted by molar-refractivity contribution is 7.85. The summed E-state index contributed by atoms with van der Waals surface area (Å²) in [4.78, 5) is 33.5. The van der Waals surface area contributed by atoms with Crippen LogP contribution in [0.4, 0.5) is 20.2 Å². The van der Waals surface area contributed by atoms with Gasteiger partial charge < -0.3 is 15.1 Å². The third kappa shape index (κ3) is 6.13. The van der Waals surface area contributed by atoms with Gasteiger partial charge in [-0.15, -0.1) is 0 Å². The molecule has 6 rings (SSSR count). The number of nitrogens with one attached hydrogen (secondary N) is 1. The number of hydrogen-bond donors (Lipinski definition) is 1. The summed E-state index contributed by atoms with van der Waals surface area (Å²) in [7, 11) is -1.68. The number of hydrogen-bond acceptors (Lipinski definition) is 5. The fourth-order valence-corrected chi connectivity index (χ4v) is 7.03. The van der Waals surface area contributed by atoms with Crippen molar-refractivity contribution in [1.82, 2.24) is 10.2 Å². The molecule has 2 heterocycles. The second-order valence-corrected chi connectivity index (χ2v) is 12.2. The van der Waals surface area contributed by atoms with E-state index >= 15 is 0 Å². The lowest BCUT2D eigenvalue weighted by atomic mass is 10.1. The van der Waals surface area contributed by atoms with Crippen LogP contribution < -0.4 is 15.1 Å². The van der Waals surface area contributed by atoms with Crippen LogP contribution in [0.5, 0.6) is 0 Å². The number of benzene rings is 4. The molecule has 0 spiro atoms. The number of halogens is 2. The quantitative estimate of drug-likeness (QED) is 0.275. The molecule has 0 bridgehead atoms. The van der Waals surface area contributed by atoms with E-state index in [9.17, 15) is 22.6 Å². The molecule has 2 aliphatic rings. The summed E-state index contributed by atoms with van der Waals surface area (Å²) in [6.07, 6.45) is 0.730. The number of anilines is 2. The topological polar surface area (TPSA) is 73.0 Å². The summed E-state index contributed by atoms with van der Waals surface area (Å²) in [5, 5.41) is 2.95. The molecule has 1 atom stereocenters. The van der Waals surface area contributed by atoms with Gasteiger partial charge in [-0.1, -0.05) is 42.5 Å². The van der Waals surface area contributed by atoms with Crippen LogP contribution in [-0.2, 0) is 17.3 Å². The first-order valence-corrected chi connectivity index (χ1v) is 15.8. The van der Waals surface area contributed by atoms with Gasteiger partial charge in [0.25, 0.3) is 11.8 Å². The molecule has 0 saturated carbocycles. The van der Waals surface area contributed by atoms with Gasteiger partial charge in [-0.2, -0.15) is 0 Å². The average Bonchev–Trinajstić information content (AvgIpc) is 3.13. The highest BCUT2D eigenvalue weighted by atomic mass is 32.2. The largest absolute Gasteiger partial charge is 0.367 e. The Kier molecular flexibility index (Phi) is 8.81. The molecular weight excluding hydrogens is 582 g/mol. The van der Waals surface area contributed by atoms with E-state index < -0.39 is 22.5 Å². The predicted octanol–water partition coefficient (Wildman–Crippen LogP) is 5.23. The van der Waals surface area contributed by atoms with Gasteiger partial charge in [-0.25, -0.2) is 13.0 Å². The molecule has 2 aliphatic heterocycles. The number of carbonyl (C=O) groups excluding carboxylic acids is 2. The van der Waals surface area contributed by atoms with Gasteiger partial charge >= 0.3 is 0 Å². The number of fused-ring (bicyclic) bond motifs is 2. The molecule has 1 fully saturated rings. The molecule has 10 heteroatoms. The van der Waals surface area contributed by atoms with E-state index in [2.05, 4.69) is 15.1 Å². The predicted molar refractivity (Wildman–Crippen MR) is 166 cm³/mol. The van der Waals surface area contributed by atoms with E-state index in [-0.39, 0.29) is 23.8 Å². The Balaban J connectivity index is 1.13. The van der Waals surface area contributed by atoms with Gasteiger partial charge in [-0.05, 0) is 61.5 Å². The Morgan fingerprint density at radius 1 is 0.795 bits per heavy atom. The fraction of sp³-hybridized carbons (Fsp3) is 0.235. The Morgan fingerprint density at radius 3 is 2.27 bits per heavy atom. The summed E-state index contributed by atoms with van der Waals surface area (Å²) in [5.41, 5.74) is 1.84. The Morgan fingerprint density at radius 2 is 1.50 bits per heavy atom. The van der Waals surface area contributed by atoms with E-state index in [1.807, 2.05) is 6.07 Å². The smallest absolute Gasteiger partial charge is 0.259 e. The summed E-state index contributed by atoms with van der Waals surface area (Å²) in [6.45, 7) is 4.22. The number of piperazine rings is 1. The second kappa shape index (κ2) is 13.1. The Bertz CT molecular complexity index is 1720. The van der Waals surface area contributed by atoms with Crippen molar-refractivity contribution in [3.05, 3.63) is 119 Å². The maximum Gasteiger partial charge on any atom is 0.259 e. The SMILES string of the molecule is O=C(NCCCN1CCN(c2ccccc2F)CC1)c1ccc2c(c1)N(Cc1ccccc1F)C(=O)c1ccccc1S2=O. The number of rotatable bonds is 8. The third-order valence-corrected chi connectivity index (χ3v) is 9.56. The standard InChI is InChI=1S/C34H32F2N4O3S/c35-27-10-3-1-8-25(27)23-40-30-22-24(14-15-32(30)44(43)31-13-6-2-9-26(31)34(40)42)33(41)37-16-7-17-38-18-20-39(21-19-38)29-12-5-4-11-28(29)36/h1-6,8-15,22H,7,16-21,23H2,(H,37,41). The molecule has 1 unspecified atom stereocenters. The molecule has 0 radical (unpaired) electrons. The molecule has 0 aromatic heterocycles.